The lowest BCUT2D eigenvalue weighted by Crippen LogP contribution is -2.09. The van der Waals surface area contributed by atoms with E-state index in [1.54, 1.807) is 0 Å². The summed E-state index contributed by atoms with van der Waals surface area (Å²) in [6.45, 7) is 11.1. The van der Waals surface area contributed by atoms with Gasteiger partial charge in [0.05, 0.1) is 0 Å². The molecule has 0 bridgehead atoms. The van der Waals surface area contributed by atoms with E-state index in [4.69, 9.17) is 0 Å². The van der Waals surface area contributed by atoms with E-state index < -0.39 is 0 Å². The van der Waals surface area contributed by atoms with E-state index in [1.165, 1.54) is 44.5 Å². The van der Waals surface area contributed by atoms with Crippen molar-refractivity contribution < 1.29 is 0 Å². The van der Waals surface area contributed by atoms with Crippen molar-refractivity contribution in [2.45, 2.75) is 40.5 Å². The Balaban J connectivity index is 1.64. The van der Waals surface area contributed by atoms with Crippen LogP contribution in [0.25, 0.3) is 22.3 Å². The van der Waals surface area contributed by atoms with E-state index in [-0.39, 0.29) is 0 Å². The van der Waals surface area contributed by atoms with Gasteiger partial charge in [0.1, 0.15) is 0 Å². The molecule has 184 valence electrons. The zero-order chi connectivity index (χ0) is 25.9. The first-order valence-electron chi connectivity index (χ1n) is 13.1. The second-order valence-electron chi connectivity index (χ2n) is 10.3. The van der Waals surface area contributed by atoms with E-state index in [9.17, 15) is 0 Å². The van der Waals surface area contributed by atoms with Crippen LogP contribution in [0.5, 0.6) is 0 Å². The average Bonchev–Trinajstić information content (AvgIpc) is 2.91. The van der Waals surface area contributed by atoms with Gasteiger partial charge in [-0.1, -0.05) is 104 Å². The first-order chi connectivity index (χ1) is 17.9. The zero-order valence-electron chi connectivity index (χ0n) is 22.5. The number of hydrogen-bond donors (Lipinski definition) is 0. The van der Waals surface area contributed by atoms with Crippen LogP contribution in [0.2, 0.25) is 0 Å². The minimum absolute atomic E-state index is 0.437. The molecule has 0 aromatic heterocycles. The Hall–Kier alpha value is -4.10. The van der Waals surface area contributed by atoms with Crippen LogP contribution in [-0.2, 0) is 0 Å². The number of aryl methyl sites for hydroxylation is 3. The predicted octanol–water partition coefficient (Wildman–Crippen LogP) is 10.5. The van der Waals surface area contributed by atoms with E-state index in [1.807, 2.05) is 0 Å². The Morgan fingerprint density at radius 3 is 1.41 bits per heavy atom. The molecule has 0 aliphatic heterocycles. The number of nitrogens with zero attached hydrogens (tertiary/aromatic N) is 1. The van der Waals surface area contributed by atoms with Crippen molar-refractivity contribution in [3.63, 3.8) is 0 Å². The van der Waals surface area contributed by atoms with Gasteiger partial charge in [0, 0.05) is 17.1 Å². The van der Waals surface area contributed by atoms with Crippen molar-refractivity contribution in [3.05, 3.63) is 138 Å². The van der Waals surface area contributed by atoms with Gasteiger partial charge in [0.25, 0.3) is 0 Å². The van der Waals surface area contributed by atoms with Gasteiger partial charge in [-0.3, -0.25) is 0 Å². The molecule has 0 radical (unpaired) electrons. The normalized spacial score (nSPS) is 11.1. The predicted molar refractivity (Wildman–Crippen MR) is 160 cm³/mol. The molecule has 37 heavy (non-hydrogen) atoms. The van der Waals surface area contributed by atoms with Crippen molar-refractivity contribution >= 4 is 17.1 Å². The minimum atomic E-state index is 0.437. The maximum absolute atomic E-state index is 2.33. The Bertz CT molecular complexity index is 1430. The van der Waals surface area contributed by atoms with Crippen molar-refractivity contribution in [2.75, 3.05) is 4.90 Å². The first kappa shape index (κ1) is 24.6. The first-order valence-corrected chi connectivity index (χ1v) is 13.1. The number of benzene rings is 5. The van der Waals surface area contributed by atoms with Gasteiger partial charge in [-0.05, 0) is 96.5 Å². The molecule has 5 aromatic carbocycles. The molecule has 0 atom stereocenters. The van der Waals surface area contributed by atoms with E-state index in [2.05, 4.69) is 155 Å². The molecule has 0 N–H and O–H groups in total. The summed E-state index contributed by atoms with van der Waals surface area (Å²) in [5.74, 6) is 0.437. The fourth-order valence-electron chi connectivity index (χ4n) is 5.10. The fraction of sp³-hybridized carbons (Fsp3) is 0.167. The van der Waals surface area contributed by atoms with Gasteiger partial charge in [-0.15, -0.1) is 0 Å². The number of rotatable bonds is 6. The maximum atomic E-state index is 2.33. The Labute approximate surface area is 222 Å². The van der Waals surface area contributed by atoms with E-state index in [0.717, 1.165) is 17.1 Å². The summed E-state index contributed by atoms with van der Waals surface area (Å²) in [5, 5.41) is 0. The van der Waals surface area contributed by atoms with Crippen LogP contribution >= 0.6 is 0 Å². The van der Waals surface area contributed by atoms with Crippen molar-refractivity contribution in [1.29, 1.82) is 0 Å². The minimum Gasteiger partial charge on any atom is -0.311 e. The highest BCUT2D eigenvalue weighted by Gasteiger charge is 2.18. The largest absolute Gasteiger partial charge is 0.311 e. The number of anilines is 3. The lowest BCUT2D eigenvalue weighted by atomic mass is 9.84. The smallest absolute Gasteiger partial charge is 0.0462 e. The average molecular weight is 482 g/mol. The molecule has 0 amide bonds. The van der Waals surface area contributed by atoms with Crippen LogP contribution in [-0.4, -0.2) is 0 Å². The molecule has 1 nitrogen and oxygen atoms in total. The molecule has 0 heterocycles. The summed E-state index contributed by atoms with van der Waals surface area (Å²) < 4.78 is 0. The fourth-order valence-corrected chi connectivity index (χ4v) is 5.10. The molecule has 0 aliphatic carbocycles. The standard InChI is InChI=1S/C36H35N/c1-25(2)34-24-15-28(5)35(36(34)29-9-7-6-8-10-29)30-16-22-33(23-17-30)37(31-18-11-26(3)12-19-31)32-20-13-27(4)14-21-32/h6-25H,1-5H3. The molecular formula is C36H35N. The molecule has 5 rings (SSSR count). The third kappa shape index (κ3) is 5.08. The molecular weight excluding hydrogens is 446 g/mol. The van der Waals surface area contributed by atoms with Crippen LogP contribution in [0.4, 0.5) is 17.1 Å². The van der Waals surface area contributed by atoms with Gasteiger partial charge in [0.15, 0.2) is 0 Å². The second-order valence-corrected chi connectivity index (χ2v) is 10.3. The summed E-state index contributed by atoms with van der Waals surface area (Å²) in [5.41, 5.74) is 13.9. The lowest BCUT2D eigenvalue weighted by Gasteiger charge is -2.26. The number of hydrogen-bond acceptors (Lipinski definition) is 1. The molecule has 5 aromatic rings. The quantitative estimate of drug-likeness (QED) is 0.233. The van der Waals surface area contributed by atoms with Crippen LogP contribution in [0.15, 0.2) is 115 Å². The maximum Gasteiger partial charge on any atom is 0.0462 e. The molecule has 1 heteroatoms. The Morgan fingerprint density at radius 1 is 0.459 bits per heavy atom. The van der Waals surface area contributed by atoms with Gasteiger partial charge in [-0.25, -0.2) is 0 Å². The Kier molecular flexibility index (Phi) is 6.97. The summed E-state index contributed by atoms with van der Waals surface area (Å²) in [7, 11) is 0. The molecule has 0 saturated carbocycles. The topological polar surface area (TPSA) is 3.24 Å². The molecule has 0 spiro atoms. The highest BCUT2D eigenvalue weighted by molar-refractivity contribution is 5.89. The van der Waals surface area contributed by atoms with Crippen LogP contribution in [0.1, 0.15) is 42.0 Å². The van der Waals surface area contributed by atoms with E-state index in [0.29, 0.717) is 5.92 Å². The summed E-state index contributed by atoms with van der Waals surface area (Å²) in [6, 6.07) is 42.0. The zero-order valence-corrected chi connectivity index (χ0v) is 22.5. The van der Waals surface area contributed by atoms with Crippen LogP contribution < -0.4 is 4.90 Å². The van der Waals surface area contributed by atoms with Gasteiger partial charge < -0.3 is 4.90 Å². The third-order valence-corrected chi connectivity index (χ3v) is 7.13. The summed E-state index contributed by atoms with van der Waals surface area (Å²) >= 11 is 0. The molecule has 0 unspecified atom stereocenters. The Morgan fingerprint density at radius 2 is 0.919 bits per heavy atom. The van der Waals surface area contributed by atoms with Crippen molar-refractivity contribution in [3.8, 4) is 22.3 Å². The van der Waals surface area contributed by atoms with Crippen LogP contribution in [0, 0.1) is 20.8 Å². The molecule has 0 fully saturated rings. The van der Waals surface area contributed by atoms with Crippen LogP contribution in [0.3, 0.4) is 0 Å². The third-order valence-electron chi connectivity index (χ3n) is 7.13. The van der Waals surface area contributed by atoms with Gasteiger partial charge in [-0.2, -0.15) is 0 Å². The van der Waals surface area contributed by atoms with Gasteiger partial charge >= 0.3 is 0 Å². The van der Waals surface area contributed by atoms with E-state index >= 15 is 0 Å². The molecule has 0 aliphatic rings. The van der Waals surface area contributed by atoms with Crippen molar-refractivity contribution in [2.24, 2.45) is 0 Å². The highest BCUT2D eigenvalue weighted by Crippen LogP contribution is 2.42. The summed E-state index contributed by atoms with van der Waals surface area (Å²) in [6.07, 6.45) is 0. The molecule has 0 saturated heterocycles. The summed E-state index contributed by atoms with van der Waals surface area (Å²) in [4.78, 5) is 2.33. The highest BCUT2D eigenvalue weighted by atomic mass is 15.1. The van der Waals surface area contributed by atoms with Crippen molar-refractivity contribution in [1.82, 2.24) is 0 Å². The lowest BCUT2D eigenvalue weighted by molar-refractivity contribution is 0.869. The van der Waals surface area contributed by atoms with Gasteiger partial charge in [0.2, 0.25) is 0 Å². The SMILES string of the molecule is Cc1ccc(N(c2ccc(C)cc2)c2ccc(-c3c(C)ccc(C(C)C)c3-c3ccccc3)cc2)cc1. The second kappa shape index (κ2) is 10.5. The monoisotopic (exact) mass is 481 g/mol.